The van der Waals surface area contributed by atoms with Crippen LogP contribution < -0.4 is 5.32 Å². The van der Waals surface area contributed by atoms with Gasteiger partial charge < -0.3 is 10.1 Å². The van der Waals surface area contributed by atoms with Crippen LogP contribution in [0.25, 0.3) is 0 Å². The van der Waals surface area contributed by atoms with Gasteiger partial charge in [-0.25, -0.2) is 0 Å². The highest BCUT2D eigenvalue weighted by Crippen LogP contribution is 2.17. The van der Waals surface area contributed by atoms with E-state index in [4.69, 9.17) is 4.74 Å². The van der Waals surface area contributed by atoms with E-state index in [1.807, 2.05) is 0 Å². The Hall–Kier alpha value is -0.0800. The van der Waals surface area contributed by atoms with E-state index in [0.717, 1.165) is 12.6 Å². The van der Waals surface area contributed by atoms with Crippen molar-refractivity contribution in [1.29, 1.82) is 0 Å². The van der Waals surface area contributed by atoms with Crippen molar-refractivity contribution < 1.29 is 4.74 Å². The molecule has 0 heterocycles. The molecule has 2 nitrogen and oxygen atoms in total. The predicted molar refractivity (Wildman–Crippen MR) is 79.0 cm³/mol. The van der Waals surface area contributed by atoms with Crippen LogP contribution in [0, 0.1) is 0 Å². The first kappa shape index (κ1) is 16.0. The fourth-order valence-corrected chi connectivity index (χ4v) is 2.83. The molecule has 0 aromatic rings. The molecule has 1 rings (SSSR count). The summed E-state index contributed by atoms with van der Waals surface area (Å²) in [4.78, 5) is 0. The molecule has 0 aromatic carbocycles. The summed E-state index contributed by atoms with van der Waals surface area (Å²) in [5, 5.41) is 3.64. The third-order valence-electron chi connectivity index (χ3n) is 3.98. The number of ether oxygens (including phenoxy) is 1. The molecular weight excluding hydrogens is 222 g/mol. The molecule has 0 bridgehead atoms. The van der Waals surface area contributed by atoms with Crippen molar-refractivity contribution in [2.75, 3.05) is 6.54 Å². The van der Waals surface area contributed by atoms with Crippen molar-refractivity contribution in [3.63, 3.8) is 0 Å². The second-order valence-electron chi connectivity index (χ2n) is 6.00. The lowest BCUT2D eigenvalue weighted by molar-refractivity contribution is 0.00253. The van der Waals surface area contributed by atoms with Crippen molar-refractivity contribution >= 4 is 0 Å². The molecule has 1 N–H and O–H groups in total. The molecule has 1 saturated carbocycles. The normalized spacial score (nSPS) is 20.2. The molecule has 0 amide bonds. The van der Waals surface area contributed by atoms with Crippen molar-refractivity contribution in [1.82, 2.24) is 5.32 Å². The molecule has 0 aliphatic heterocycles. The summed E-state index contributed by atoms with van der Waals surface area (Å²) in [5.74, 6) is 0. The Morgan fingerprint density at radius 3 is 2.44 bits per heavy atom. The van der Waals surface area contributed by atoms with Gasteiger partial charge in [0.25, 0.3) is 0 Å². The molecular formula is C16H33NO. The van der Waals surface area contributed by atoms with E-state index in [1.54, 1.807) is 0 Å². The fourth-order valence-electron chi connectivity index (χ4n) is 2.83. The summed E-state index contributed by atoms with van der Waals surface area (Å²) >= 11 is 0. The maximum Gasteiger partial charge on any atom is 0.0675 e. The Labute approximate surface area is 114 Å². The predicted octanol–water partition coefficient (Wildman–Crippen LogP) is 4.28. The van der Waals surface area contributed by atoms with Crippen LogP contribution in [0.4, 0.5) is 0 Å². The second kappa shape index (κ2) is 9.80. The summed E-state index contributed by atoms with van der Waals surface area (Å²) in [6, 6.07) is 0.760. The Bertz CT molecular complexity index is 190. The number of rotatable bonds is 10. The van der Waals surface area contributed by atoms with Crippen LogP contribution in [-0.2, 0) is 4.74 Å². The van der Waals surface area contributed by atoms with Gasteiger partial charge in [-0.2, -0.15) is 0 Å². The van der Waals surface area contributed by atoms with Crippen LogP contribution in [-0.4, -0.2) is 24.8 Å². The first-order chi connectivity index (χ1) is 8.72. The van der Waals surface area contributed by atoms with Gasteiger partial charge in [0.05, 0.1) is 12.2 Å². The highest BCUT2D eigenvalue weighted by atomic mass is 16.5. The van der Waals surface area contributed by atoms with E-state index in [9.17, 15) is 0 Å². The molecule has 1 fully saturated rings. The smallest absolute Gasteiger partial charge is 0.0675 e. The zero-order valence-corrected chi connectivity index (χ0v) is 12.7. The average Bonchev–Trinajstić information content (AvgIpc) is 2.85. The van der Waals surface area contributed by atoms with Crippen molar-refractivity contribution in [2.24, 2.45) is 0 Å². The molecule has 0 saturated heterocycles. The molecule has 2 unspecified atom stereocenters. The van der Waals surface area contributed by atoms with Gasteiger partial charge in [-0.1, -0.05) is 45.4 Å². The van der Waals surface area contributed by atoms with Crippen molar-refractivity contribution in [3.8, 4) is 0 Å². The maximum absolute atomic E-state index is 6.03. The summed E-state index contributed by atoms with van der Waals surface area (Å²) in [6.45, 7) is 7.70. The number of hydrogen-bond donors (Lipinski definition) is 1. The first-order valence-electron chi connectivity index (χ1n) is 8.11. The SMILES string of the molecule is CCCCCCC(C)OC(C)CNC1CCCC1. The van der Waals surface area contributed by atoms with Gasteiger partial charge in [0.2, 0.25) is 0 Å². The Kier molecular flexibility index (Phi) is 8.70. The van der Waals surface area contributed by atoms with E-state index < -0.39 is 0 Å². The standard InChI is InChI=1S/C16H33NO/c1-4-5-6-7-10-14(2)18-15(3)13-17-16-11-8-9-12-16/h14-17H,4-13H2,1-3H3. The zero-order valence-electron chi connectivity index (χ0n) is 12.7. The van der Waals surface area contributed by atoms with E-state index in [0.29, 0.717) is 12.2 Å². The van der Waals surface area contributed by atoms with Gasteiger partial charge in [-0.15, -0.1) is 0 Å². The lowest BCUT2D eigenvalue weighted by Crippen LogP contribution is -2.35. The van der Waals surface area contributed by atoms with Crippen LogP contribution in [0.3, 0.4) is 0 Å². The molecule has 1 aliphatic rings. The summed E-state index contributed by atoms with van der Waals surface area (Å²) in [6.07, 6.45) is 12.9. The number of hydrogen-bond acceptors (Lipinski definition) is 2. The first-order valence-corrected chi connectivity index (χ1v) is 8.11. The second-order valence-corrected chi connectivity index (χ2v) is 6.00. The zero-order chi connectivity index (χ0) is 13.2. The Morgan fingerprint density at radius 1 is 1.06 bits per heavy atom. The Morgan fingerprint density at radius 2 is 1.78 bits per heavy atom. The summed E-state index contributed by atoms with van der Waals surface area (Å²) in [7, 11) is 0. The quantitative estimate of drug-likeness (QED) is 0.588. The fraction of sp³-hybridized carbons (Fsp3) is 1.00. The molecule has 1 aliphatic carbocycles. The van der Waals surface area contributed by atoms with Crippen LogP contribution in [0.15, 0.2) is 0 Å². The molecule has 2 atom stereocenters. The molecule has 0 radical (unpaired) electrons. The van der Waals surface area contributed by atoms with E-state index in [2.05, 4.69) is 26.1 Å². The number of nitrogens with one attached hydrogen (secondary N) is 1. The topological polar surface area (TPSA) is 21.3 Å². The van der Waals surface area contributed by atoms with Crippen LogP contribution >= 0.6 is 0 Å². The molecule has 0 aromatic heterocycles. The minimum Gasteiger partial charge on any atom is -0.374 e. The highest BCUT2D eigenvalue weighted by Gasteiger charge is 2.16. The third kappa shape index (κ3) is 7.38. The monoisotopic (exact) mass is 255 g/mol. The van der Waals surface area contributed by atoms with Gasteiger partial charge >= 0.3 is 0 Å². The van der Waals surface area contributed by atoms with Gasteiger partial charge in [0, 0.05) is 12.6 Å². The molecule has 2 heteroatoms. The van der Waals surface area contributed by atoms with Crippen molar-refractivity contribution in [3.05, 3.63) is 0 Å². The summed E-state index contributed by atoms with van der Waals surface area (Å²) < 4.78 is 6.03. The van der Waals surface area contributed by atoms with Gasteiger partial charge in [-0.3, -0.25) is 0 Å². The Balaban J connectivity index is 1.98. The van der Waals surface area contributed by atoms with Gasteiger partial charge in [0.1, 0.15) is 0 Å². The molecule has 108 valence electrons. The lowest BCUT2D eigenvalue weighted by atomic mass is 10.1. The molecule has 18 heavy (non-hydrogen) atoms. The highest BCUT2D eigenvalue weighted by molar-refractivity contribution is 4.74. The maximum atomic E-state index is 6.03. The number of unbranched alkanes of at least 4 members (excludes halogenated alkanes) is 3. The summed E-state index contributed by atoms with van der Waals surface area (Å²) in [5.41, 5.74) is 0. The van der Waals surface area contributed by atoms with Gasteiger partial charge in [-0.05, 0) is 33.1 Å². The van der Waals surface area contributed by atoms with E-state index in [1.165, 1.54) is 57.8 Å². The third-order valence-corrected chi connectivity index (χ3v) is 3.98. The molecule has 0 spiro atoms. The minimum absolute atomic E-state index is 0.353. The van der Waals surface area contributed by atoms with Gasteiger partial charge in [0.15, 0.2) is 0 Å². The largest absolute Gasteiger partial charge is 0.374 e. The average molecular weight is 255 g/mol. The minimum atomic E-state index is 0.353. The van der Waals surface area contributed by atoms with Crippen LogP contribution in [0.1, 0.15) is 78.6 Å². The van der Waals surface area contributed by atoms with Crippen LogP contribution in [0.2, 0.25) is 0 Å². The van der Waals surface area contributed by atoms with E-state index in [-0.39, 0.29) is 0 Å². The van der Waals surface area contributed by atoms with Crippen molar-refractivity contribution in [2.45, 2.75) is 96.8 Å². The van der Waals surface area contributed by atoms with Crippen LogP contribution in [0.5, 0.6) is 0 Å². The lowest BCUT2D eigenvalue weighted by Gasteiger charge is -2.21. The van der Waals surface area contributed by atoms with E-state index >= 15 is 0 Å².